The number of esters is 1. The molecule has 1 atom stereocenters. The Kier molecular flexibility index (Phi) is 7.30. The van der Waals surface area contributed by atoms with Crippen LogP contribution in [0.2, 0.25) is 0 Å². The van der Waals surface area contributed by atoms with Gasteiger partial charge in [-0.2, -0.15) is 0 Å². The van der Waals surface area contributed by atoms with Gasteiger partial charge in [-0.25, -0.2) is 4.79 Å². The maximum Gasteiger partial charge on any atom is 0.332 e. The highest BCUT2D eigenvalue weighted by atomic mass is 16.6. The molecule has 0 heterocycles. The molecule has 0 aromatic carbocycles. The van der Waals surface area contributed by atoms with E-state index in [1.54, 1.807) is 0 Å². The van der Waals surface area contributed by atoms with Crippen molar-refractivity contribution in [2.75, 3.05) is 19.8 Å². The topological polar surface area (TPSA) is 35.5 Å². The Morgan fingerprint density at radius 2 is 2.31 bits per heavy atom. The maximum atomic E-state index is 10.9. The zero-order valence-corrected chi connectivity index (χ0v) is 8.41. The first-order valence-corrected chi connectivity index (χ1v) is 4.55. The largest absolute Gasteiger partial charge is 0.460 e. The fraction of sp³-hybridized carbons (Fsp3) is 0.700. The number of hydrogen-bond acceptors (Lipinski definition) is 3. The summed E-state index contributed by atoms with van der Waals surface area (Å²) in [4.78, 5) is 10.9. The van der Waals surface area contributed by atoms with E-state index in [1.807, 2.05) is 0 Å². The molecule has 0 fully saturated rings. The molecule has 0 aromatic rings. The first kappa shape index (κ1) is 12.2. The summed E-state index contributed by atoms with van der Waals surface area (Å²) < 4.78 is 9.86. The third-order valence-electron chi connectivity index (χ3n) is 1.68. The number of ether oxygens (including phenoxy) is 2. The highest BCUT2D eigenvalue weighted by Gasteiger charge is 2.03. The lowest BCUT2D eigenvalue weighted by Gasteiger charge is -2.08. The summed E-state index contributed by atoms with van der Waals surface area (Å²) in [6.45, 7) is 8.51. The average molecular weight is 186 g/mol. The molecule has 0 aliphatic carbocycles. The fourth-order valence-electron chi connectivity index (χ4n) is 0.655. The van der Waals surface area contributed by atoms with Crippen molar-refractivity contribution in [3.63, 3.8) is 0 Å². The molecular formula is C10H18O3. The molecule has 0 N–H and O–H groups in total. The smallest absolute Gasteiger partial charge is 0.332 e. The minimum absolute atomic E-state index is 0.0399. The van der Waals surface area contributed by atoms with Gasteiger partial charge in [-0.3, -0.25) is 0 Å². The highest BCUT2D eigenvalue weighted by molar-refractivity contribution is 5.70. The van der Waals surface area contributed by atoms with Crippen LogP contribution >= 0.6 is 0 Å². The van der Waals surface area contributed by atoms with Crippen LogP contribution in [-0.2, 0) is 14.3 Å². The minimum atomic E-state index is -0.330. The SMILES string of the molecule is C=CCOC(=O)COCC(C)CC. The normalized spacial score (nSPS) is 12.2. The zero-order chi connectivity index (χ0) is 10.1. The molecule has 1 unspecified atom stereocenters. The van der Waals surface area contributed by atoms with Gasteiger partial charge in [0.25, 0.3) is 0 Å². The first-order valence-electron chi connectivity index (χ1n) is 4.55. The van der Waals surface area contributed by atoms with Gasteiger partial charge in [0.05, 0.1) is 0 Å². The molecule has 0 saturated carbocycles. The lowest BCUT2D eigenvalue weighted by Crippen LogP contribution is -2.15. The van der Waals surface area contributed by atoms with Gasteiger partial charge in [-0.05, 0) is 5.92 Å². The Morgan fingerprint density at radius 1 is 1.62 bits per heavy atom. The van der Waals surface area contributed by atoms with Crippen LogP contribution in [0.5, 0.6) is 0 Å². The van der Waals surface area contributed by atoms with E-state index in [0.29, 0.717) is 12.5 Å². The van der Waals surface area contributed by atoms with E-state index in [1.165, 1.54) is 6.08 Å². The second-order valence-electron chi connectivity index (χ2n) is 3.00. The third kappa shape index (κ3) is 7.53. The molecule has 13 heavy (non-hydrogen) atoms. The number of carbonyl (C=O) groups is 1. The Hall–Kier alpha value is -0.830. The van der Waals surface area contributed by atoms with Crippen molar-refractivity contribution in [2.45, 2.75) is 20.3 Å². The van der Waals surface area contributed by atoms with Gasteiger partial charge in [0.2, 0.25) is 0 Å². The van der Waals surface area contributed by atoms with Crippen LogP contribution in [0.3, 0.4) is 0 Å². The van der Waals surface area contributed by atoms with Gasteiger partial charge in [0.1, 0.15) is 13.2 Å². The van der Waals surface area contributed by atoms with Crippen LogP contribution in [-0.4, -0.2) is 25.8 Å². The van der Waals surface area contributed by atoms with E-state index in [0.717, 1.165) is 6.42 Å². The molecule has 0 rings (SSSR count). The summed E-state index contributed by atoms with van der Waals surface area (Å²) in [6, 6.07) is 0. The van der Waals surface area contributed by atoms with Crippen molar-refractivity contribution < 1.29 is 14.3 Å². The maximum absolute atomic E-state index is 10.9. The summed E-state index contributed by atoms with van der Waals surface area (Å²) in [5.74, 6) is 0.162. The van der Waals surface area contributed by atoms with Gasteiger partial charge in [-0.1, -0.05) is 32.9 Å². The fourth-order valence-corrected chi connectivity index (χ4v) is 0.655. The molecule has 0 bridgehead atoms. The summed E-state index contributed by atoms with van der Waals surface area (Å²) in [6.07, 6.45) is 2.59. The monoisotopic (exact) mass is 186 g/mol. The second kappa shape index (κ2) is 7.80. The molecule has 0 aliphatic rings. The van der Waals surface area contributed by atoms with Gasteiger partial charge in [-0.15, -0.1) is 0 Å². The van der Waals surface area contributed by atoms with Crippen LogP contribution in [0.4, 0.5) is 0 Å². The van der Waals surface area contributed by atoms with Crippen LogP contribution in [0, 0.1) is 5.92 Å². The first-order chi connectivity index (χ1) is 6.20. The molecule has 3 heteroatoms. The lowest BCUT2D eigenvalue weighted by molar-refractivity contribution is -0.148. The van der Waals surface area contributed by atoms with Crippen LogP contribution in [0.1, 0.15) is 20.3 Å². The highest BCUT2D eigenvalue weighted by Crippen LogP contribution is 2.00. The van der Waals surface area contributed by atoms with Crippen molar-refractivity contribution in [1.82, 2.24) is 0 Å². The molecular weight excluding hydrogens is 168 g/mol. The summed E-state index contributed by atoms with van der Waals surface area (Å²) in [7, 11) is 0. The van der Waals surface area contributed by atoms with Crippen LogP contribution < -0.4 is 0 Å². The molecule has 0 saturated heterocycles. The van der Waals surface area contributed by atoms with Crippen molar-refractivity contribution in [3.05, 3.63) is 12.7 Å². The number of carbonyl (C=O) groups excluding carboxylic acids is 1. The van der Waals surface area contributed by atoms with Crippen molar-refractivity contribution in [1.29, 1.82) is 0 Å². The van der Waals surface area contributed by atoms with E-state index < -0.39 is 0 Å². The molecule has 0 spiro atoms. The van der Waals surface area contributed by atoms with E-state index in [9.17, 15) is 4.79 Å². The van der Waals surface area contributed by atoms with Crippen LogP contribution in [0.15, 0.2) is 12.7 Å². The number of rotatable bonds is 7. The van der Waals surface area contributed by atoms with Crippen LogP contribution in [0.25, 0.3) is 0 Å². The van der Waals surface area contributed by atoms with Gasteiger partial charge in [0, 0.05) is 6.61 Å². The van der Waals surface area contributed by atoms with E-state index in [4.69, 9.17) is 9.47 Å². The molecule has 0 amide bonds. The van der Waals surface area contributed by atoms with Gasteiger partial charge in [0.15, 0.2) is 0 Å². The second-order valence-corrected chi connectivity index (χ2v) is 3.00. The van der Waals surface area contributed by atoms with Crippen molar-refractivity contribution in [3.8, 4) is 0 Å². The predicted octanol–water partition coefficient (Wildman–Crippen LogP) is 1.78. The Morgan fingerprint density at radius 3 is 2.85 bits per heavy atom. The predicted molar refractivity (Wildman–Crippen MR) is 51.4 cm³/mol. The third-order valence-corrected chi connectivity index (χ3v) is 1.68. The van der Waals surface area contributed by atoms with Gasteiger partial charge < -0.3 is 9.47 Å². The quantitative estimate of drug-likeness (QED) is 0.449. The zero-order valence-electron chi connectivity index (χ0n) is 8.41. The van der Waals surface area contributed by atoms with Crippen molar-refractivity contribution in [2.24, 2.45) is 5.92 Å². The Bertz CT molecular complexity index is 154. The minimum Gasteiger partial charge on any atom is -0.460 e. The van der Waals surface area contributed by atoms with Crippen molar-refractivity contribution >= 4 is 5.97 Å². The van der Waals surface area contributed by atoms with E-state index >= 15 is 0 Å². The Labute approximate surface area is 79.7 Å². The standard InChI is InChI=1S/C10H18O3/c1-4-6-13-10(11)8-12-7-9(3)5-2/h4,9H,1,5-8H2,2-3H3. The Balaban J connectivity index is 3.31. The van der Waals surface area contributed by atoms with Gasteiger partial charge >= 0.3 is 5.97 Å². The molecule has 0 radical (unpaired) electrons. The molecule has 3 nitrogen and oxygen atoms in total. The molecule has 76 valence electrons. The summed E-state index contributed by atoms with van der Waals surface area (Å²) in [5, 5.41) is 0. The van der Waals surface area contributed by atoms with E-state index in [-0.39, 0.29) is 19.2 Å². The summed E-state index contributed by atoms with van der Waals surface area (Å²) >= 11 is 0. The molecule has 0 aromatic heterocycles. The molecule has 0 aliphatic heterocycles. The van der Waals surface area contributed by atoms with E-state index in [2.05, 4.69) is 20.4 Å². The number of hydrogen-bond donors (Lipinski definition) is 0. The lowest BCUT2D eigenvalue weighted by atomic mass is 10.1. The average Bonchev–Trinajstić information content (AvgIpc) is 2.14. The summed E-state index contributed by atoms with van der Waals surface area (Å²) in [5.41, 5.74) is 0.